The standard InChI is InChI=1S/C23H20OS/c1-16-9-12-18(13-10-16)23(24)22-19(21(22)20-8-5-15-25-20)14-11-17-6-3-2-4-7-17/h2-15,19,21-22H,1H3/b14-11+/t19-,21-,22+/m0/s1. The lowest BCUT2D eigenvalue weighted by Crippen LogP contribution is -2.03. The van der Waals surface area contributed by atoms with Crippen LogP contribution in [0.4, 0.5) is 0 Å². The molecule has 0 radical (unpaired) electrons. The van der Waals surface area contributed by atoms with Gasteiger partial charge in [0, 0.05) is 22.3 Å². The topological polar surface area (TPSA) is 17.1 Å². The van der Waals surface area contributed by atoms with Gasteiger partial charge >= 0.3 is 0 Å². The van der Waals surface area contributed by atoms with Gasteiger partial charge in [0.1, 0.15) is 0 Å². The van der Waals surface area contributed by atoms with E-state index in [0.717, 1.165) is 5.56 Å². The van der Waals surface area contributed by atoms with Crippen LogP contribution in [0.15, 0.2) is 78.2 Å². The summed E-state index contributed by atoms with van der Waals surface area (Å²) in [4.78, 5) is 14.3. The van der Waals surface area contributed by atoms with E-state index in [0.29, 0.717) is 5.92 Å². The molecule has 25 heavy (non-hydrogen) atoms. The molecule has 124 valence electrons. The molecule has 0 unspecified atom stereocenters. The molecule has 2 heteroatoms. The van der Waals surface area contributed by atoms with Crippen molar-refractivity contribution in [2.45, 2.75) is 12.8 Å². The highest BCUT2D eigenvalue weighted by Crippen LogP contribution is 2.57. The van der Waals surface area contributed by atoms with E-state index in [4.69, 9.17) is 0 Å². The van der Waals surface area contributed by atoms with E-state index in [2.05, 4.69) is 41.8 Å². The second-order valence-electron chi connectivity index (χ2n) is 6.64. The third kappa shape index (κ3) is 3.35. The van der Waals surface area contributed by atoms with Crippen LogP contribution in [0.1, 0.15) is 32.3 Å². The van der Waals surface area contributed by atoms with E-state index in [-0.39, 0.29) is 17.6 Å². The van der Waals surface area contributed by atoms with Crippen molar-refractivity contribution >= 4 is 23.2 Å². The Morgan fingerprint density at radius 3 is 2.40 bits per heavy atom. The molecule has 3 aromatic rings. The largest absolute Gasteiger partial charge is 0.294 e. The van der Waals surface area contributed by atoms with Crippen LogP contribution >= 0.6 is 11.3 Å². The third-order valence-electron chi connectivity index (χ3n) is 4.90. The van der Waals surface area contributed by atoms with Gasteiger partial charge in [-0.1, -0.05) is 78.4 Å². The van der Waals surface area contributed by atoms with E-state index in [1.165, 1.54) is 16.0 Å². The quantitative estimate of drug-likeness (QED) is 0.520. The number of aryl methyl sites for hydroxylation is 1. The monoisotopic (exact) mass is 344 g/mol. The van der Waals surface area contributed by atoms with E-state index in [9.17, 15) is 4.79 Å². The van der Waals surface area contributed by atoms with Crippen LogP contribution in [0.5, 0.6) is 0 Å². The van der Waals surface area contributed by atoms with Gasteiger partial charge in [0.25, 0.3) is 0 Å². The summed E-state index contributed by atoms with van der Waals surface area (Å²) in [6.45, 7) is 2.05. The summed E-state index contributed by atoms with van der Waals surface area (Å²) in [6.07, 6.45) is 4.37. The minimum atomic E-state index is 0.0568. The number of carbonyl (C=O) groups excluding carboxylic acids is 1. The zero-order valence-electron chi connectivity index (χ0n) is 14.1. The lowest BCUT2D eigenvalue weighted by Gasteiger charge is -2.00. The van der Waals surface area contributed by atoms with Crippen molar-refractivity contribution in [2.75, 3.05) is 0 Å². The third-order valence-corrected chi connectivity index (χ3v) is 5.87. The second-order valence-corrected chi connectivity index (χ2v) is 7.62. The number of Topliss-reactive ketones (excluding diaryl/α,β-unsaturated/α-hetero) is 1. The zero-order valence-corrected chi connectivity index (χ0v) is 14.9. The van der Waals surface area contributed by atoms with Crippen LogP contribution in [0.25, 0.3) is 6.08 Å². The SMILES string of the molecule is Cc1ccc(C(=O)[C@@H]2[C@@H](/C=C/c3ccccc3)[C@H]2c2cccs2)cc1. The van der Waals surface area contributed by atoms with Crippen molar-refractivity contribution in [2.24, 2.45) is 11.8 Å². The van der Waals surface area contributed by atoms with Crippen LogP contribution in [-0.2, 0) is 0 Å². The molecule has 2 aromatic carbocycles. The predicted molar refractivity (Wildman–Crippen MR) is 105 cm³/mol. The molecule has 1 aromatic heterocycles. The summed E-state index contributed by atoms with van der Waals surface area (Å²) in [5.74, 6) is 0.920. The second kappa shape index (κ2) is 6.81. The molecule has 1 saturated carbocycles. The predicted octanol–water partition coefficient (Wildman–Crippen LogP) is 5.98. The van der Waals surface area contributed by atoms with Gasteiger partial charge in [-0.25, -0.2) is 0 Å². The first kappa shape index (κ1) is 16.0. The van der Waals surface area contributed by atoms with Gasteiger partial charge in [0.05, 0.1) is 0 Å². The molecule has 0 amide bonds. The Balaban J connectivity index is 1.59. The van der Waals surface area contributed by atoms with Gasteiger partial charge in [-0.05, 0) is 29.9 Å². The Bertz CT molecular complexity index is 876. The molecule has 1 aliphatic rings. The van der Waals surface area contributed by atoms with Crippen LogP contribution in [0, 0.1) is 18.8 Å². The summed E-state index contributed by atoms with van der Waals surface area (Å²) in [7, 11) is 0. The fourth-order valence-corrected chi connectivity index (χ4v) is 4.39. The van der Waals surface area contributed by atoms with E-state index in [1.54, 1.807) is 11.3 Å². The number of allylic oxidation sites excluding steroid dienone is 1. The number of benzene rings is 2. The van der Waals surface area contributed by atoms with Gasteiger partial charge < -0.3 is 0 Å². The van der Waals surface area contributed by atoms with Crippen molar-refractivity contribution in [1.29, 1.82) is 0 Å². The van der Waals surface area contributed by atoms with E-state index >= 15 is 0 Å². The highest BCUT2D eigenvalue weighted by molar-refractivity contribution is 7.10. The molecule has 0 spiro atoms. The first-order chi connectivity index (χ1) is 12.2. The van der Waals surface area contributed by atoms with Crippen LogP contribution in [0.2, 0.25) is 0 Å². The summed E-state index contributed by atoms with van der Waals surface area (Å²) in [6, 6.07) is 22.5. The number of ketones is 1. The Morgan fingerprint density at radius 2 is 1.72 bits per heavy atom. The van der Waals surface area contributed by atoms with Crippen LogP contribution in [0.3, 0.4) is 0 Å². The number of rotatable bonds is 5. The molecule has 1 nitrogen and oxygen atoms in total. The first-order valence-electron chi connectivity index (χ1n) is 8.61. The van der Waals surface area contributed by atoms with Crippen molar-refractivity contribution in [1.82, 2.24) is 0 Å². The maximum absolute atomic E-state index is 13.0. The molecule has 4 rings (SSSR count). The molecule has 1 fully saturated rings. The maximum atomic E-state index is 13.0. The summed E-state index contributed by atoms with van der Waals surface area (Å²) in [5.41, 5.74) is 3.19. The molecule has 1 aliphatic carbocycles. The highest BCUT2D eigenvalue weighted by Gasteiger charge is 2.54. The van der Waals surface area contributed by atoms with E-state index in [1.807, 2.05) is 49.4 Å². The first-order valence-corrected chi connectivity index (χ1v) is 9.49. The molecule has 0 N–H and O–H groups in total. The van der Waals surface area contributed by atoms with Crippen molar-refractivity contribution < 1.29 is 4.79 Å². The van der Waals surface area contributed by atoms with Gasteiger partial charge in [0.15, 0.2) is 5.78 Å². The molecular formula is C23H20OS. The Hall–Kier alpha value is -2.45. The normalized spacial score (nSPS) is 22.2. The van der Waals surface area contributed by atoms with E-state index < -0.39 is 0 Å². The molecule has 1 heterocycles. The minimum Gasteiger partial charge on any atom is -0.294 e. The minimum absolute atomic E-state index is 0.0568. The number of hydrogen-bond donors (Lipinski definition) is 0. The Kier molecular flexibility index (Phi) is 4.37. The van der Waals surface area contributed by atoms with Gasteiger partial charge in [-0.15, -0.1) is 11.3 Å². The van der Waals surface area contributed by atoms with Crippen LogP contribution < -0.4 is 0 Å². The Morgan fingerprint density at radius 1 is 0.960 bits per heavy atom. The summed E-state index contributed by atoms with van der Waals surface area (Å²) >= 11 is 1.75. The van der Waals surface area contributed by atoms with Gasteiger partial charge in [0.2, 0.25) is 0 Å². The maximum Gasteiger partial charge on any atom is 0.167 e. The fraction of sp³-hybridized carbons (Fsp3) is 0.174. The lowest BCUT2D eigenvalue weighted by atomic mass is 10.0. The Labute approximate surface area is 152 Å². The average molecular weight is 344 g/mol. The van der Waals surface area contributed by atoms with Crippen molar-refractivity contribution in [3.8, 4) is 0 Å². The van der Waals surface area contributed by atoms with Crippen molar-refractivity contribution in [3.63, 3.8) is 0 Å². The average Bonchev–Trinajstić information content (AvgIpc) is 3.09. The fourth-order valence-electron chi connectivity index (χ4n) is 3.46. The highest BCUT2D eigenvalue weighted by atomic mass is 32.1. The molecular weight excluding hydrogens is 324 g/mol. The van der Waals surface area contributed by atoms with Gasteiger partial charge in [-0.3, -0.25) is 4.79 Å². The molecule has 0 saturated heterocycles. The van der Waals surface area contributed by atoms with Crippen LogP contribution in [-0.4, -0.2) is 5.78 Å². The zero-order chi connectivity index (χ0) is 17.2. The molecule has 3 atom stereocenters. The lowest BCUT2D eigenvalue weighted by molar-refractivity contribution is 0.0962. The van der Waals surface area contributed by atoms with Gasteiger partial charge in [-0.2, -0.15) is 0 Å². The number of carbonyl (C=O) groups is 1. The molecule has 0 bridgehead atoms. The summed E-state index contributed by atoms with van der Waals surface area (Å²) < 4.78 is 0. The smallest absolute Gasteiger partial charge is 0.167 e. The number of hydrogen-bond acceptors (Lipinski definition) is 2. The number of thiophene rings is 1. The summed E-state index contributed by atoms with van der Waals surface area (Å²) in [5, 5.41) is 2.10. The molecule has 0 aliphatic heterocycles. The van der Waals surface area contributed by atoms with Crippen molar-refractivity contribution in [3.05, 3.63) is 99.8 Å².